The molecule has 4 heterocycles. The largest absolute Gasteiger partial charge is 0.490 e. The molecule has 1 saturated carbocycles. The van der Waals surface area contributed by atoms with Crippen molar-refractivity contribution >= 4 is 29.5 Å². The topological polar surface area (TPSA) is 116 Å². The van der Waals surface area contributed by atoms with Crippen LogP contribution in [0.25, 0.3) is 0 Å². The number of likely N-dealkylation sites (tertiary alicyclic amines) is 1. The lowest BCUT2D eigenvalue weighted by molar-refractivity contribution is -0.136. The number of nitrogens with zero attached hydrogens (tertiary/aromatic N) is 3. The van der Waals surface area contributed by atoms with E-state index in [4.69, 9.17) is 4.74 Å². The Kier molecular flexibility index (Phi) is 7.70. The Morgan fingerprint density at radius 1 is 0.818 bits per heavy atom. The van der Waals surface area contributed by atoms with E-state index in [1.807, 2.05) is 41.3 Å². The molecule has 44 heavy (non-hydrogen) atoms. The number of hydrogen-bond acceptors (Lipinski definition) is 7. The molecular weight excluding hydrogens is 560 g/mol. The number of carbonyl (C=O) groups excluding carboxylic acids is 5. The average molecular weight is 599 g/mol. The van der Waals surface area contributed by atoms with Crippen LogP contribution < -0.4 is 10.1 Å². The fraction of sp³-hybridized carbons (Fsp3) is 0.500. The van der Waals surface area contributed by atoms with Crippen molar-refractivity contribution in [3.63, 3.8) is 0 Å². The van der Waals surface area contributed by atoms with Crippen LogP contribution in [-0.2, 0) is 22.7 Å². The number of fused-ring (bicyclic) bond motifs is 2. The summed E-state index contributed by atoms with van der Waals surface area (Å²) in [5.41, 5.74) is 3.42. The van der Waals surface area contributed by atoms with Gasteiger partial charge in [0.05, 0.1) is 17.2 Å². The highest BCUT2D eigenvalue weighted by Gasteiger charge is 2.45. The highest BCUT2D eigenvalue weighted by atomic mass is 16.5. The third kappa shape index (κ3) is 5.51. The predicted molar refractivity (Wildman–Crippen MR) is 160 cm³/mol. The van der Waals surface area contributed by atoms with Crippen LogP contribution in [0.15, 0.2) is 36.4 Å². The van der Waals surface area contributed by atoms with Gasteiger partial charge in [0, 0.05) is 44.7 Å². The fourth-order valence-electron chi connectivity index (χ4n) is 7.49. The molecule has 10 heteroatoms. The van der Waals surface area contributed by atoms with Gasteiger partial charge in [-0.25, -0.2) is 0 Å². The van der Waals surface area contributed by atoms with Crippen LogP contribution in [-0.4, -0.2) is 76.0 Å². The summed E-state index contributed by atoms with van der Waals surface area (Å²) in [6, 6.07) is 10.3. The Morgan fingerprint density at radius 3 is 2.07 bits per heavy atom. The molecule has 230 valence electrons. The van der Waals surface area contributed by atoms with Crippen LogP contribution in [0.3, 0.4) is 0 Å². The molecule has 0 aromatic heterocycles. The zero-order valence-electron chi connectivity index (χ0n) is 24.9. The Balaban J connectivity index is 0.913. The molecule has 2 aromatic carbocycles. The number of carbonyl (C=O) groups is 5. The molecule has 0 spiro atoms. The number of benzene rings is 2. The van der Waals surface area contributed by atoms with E-state index in [9.17, 15) is 24.0 Å². The lowest BCUT2D eigenvalue weighted by Crippen LogP contribution is -2.54. The van der Waals surface area contributed by atoms with Gasteiger partial charge in [-0.2, -0.15) is 0 Å². The average Bonchev–Trinajstić information content (AvgIpc) is 3.53. The number of ether oxygens (including phenoxy) is 1. The maximum absolute atomic E-state index is 13.2. The van der Waals surface area contributed by atoms with Gasteiger partial charge in [-0.1, -0.05) is 6.42 Å². The van der Waals surface area contributed by atoms with E-state index in [0.717, 1.165) is 67.1 Å². The minimum atomic E-state index is -0.955. The molecular formula is C34H38N4O6. The van der Waals surface area contributed by atoms with Crippen molar-refractivity contribution in [1.82, 2.24) is 20.0 Å². The number of rotatable bonds is 6. The van der Waals surface area contributed by atoms with Crippen molar-refractivity contribution in [2.75, 3.05) is 19.6 Å². The normalized spacial score (nSPS) is 23.1. The summed E-state index contributed by atoms with van der Waals surface area (Å²) < 4.78 is 6.12. The zero-order chi connectivity index (χ0) is 30.4. The summed E-state index contributed by atoms with van der Waals surface area (Å²) in [4.78, 5) is 68.8. The molecule has 0 radical (unpaired) electrons. The van der Waals surface area contributed by atoms with E-state index < -0.39 is 23.8 Å². The van der Waals surface area contributed by atoms with Gasteiger partial charge < -0.3 is 9.64 Å². The number of hydrogen-bond donors (Lipinski definition) is 1. The molecule has 1 unspecified atom stereocenters. The summed E-state index contributed by atoms with van der Waals surface area (Å²) in [6.07, 6.45) is 8.33. The van der Waals surface area contributed by atoms with Crippen LogP contribution >= 0.6 is 0 Å². The highest BCUT2D eigenvalue weighted by Crippen LogP contribution is 2.34. The minimum Gasteiger partial charge on any atom is -0.490 e. The molecule has 3 fully saturated rings. The summed E-state index contributed by atoms with van der Waals surface area (Å²) in [5, 5.41) is 2.24. The predicted octanol–water partition coefficient (Wildman–Crippen LogP) is 3.67. The second-order valence-electron chi connectivity index (χ2n) is 12.9. The standard InChI is InChI=1S/C34H38N4O6/c39-30-11-10-29(31(40)35-30)38-33(42)27-16-23-19-36(20-24(23)17-28(27)34(38)43)18-21-12-14-37(15-13-21)32(41)22-6-8-26(9-7-22)44-25-4-2-1-3-5-25/h6-9,16-17,21,25,29H,1-5,10-15,18-20H2,(H,35,39,40). The van der Waals surface area contributed by atoms with Gasteiger partial charge in [0.25, 0.3) is 17.7 Å². The molecule has 0 bridgehead atoms. The van der Waals surface area contributed by atoms with Crippen molar-refractivity contribution in [1.29, 1.82) is 0 Å². The van der Waals surface area contributed by atoms with E-state index >= 15 is 0 Å². The van der Waals surface area contributed by atoms with Gasteiger partial charge in [0.1, 0.15) is 11.8 Å². The molecule has 7 rings (SSSR count). The highest BCUT2D eigenvalue weighted by molar-refractivity contribution is 6.23. The number of imide groups is 2. The van der Waals surface area contributed by atoms with Crippen LogP contribution in [0.2, 0.25) is 0 Å². The van der Waals surface area contributed by atoms with Gasteiger partial charge in [-0.05, 0) is 98.4 Å². The van der Waals surface area contributed by atoms with Gasteiger partial charge in [0.2, 0.25) is 11.8 Å². The van der Waals surface area contributed by atoms with Crippen molar-refractivity contribution in [3.8, 4) is 5.75 Å². The molecule has 4 aliphatic heterocycles. The van der Waals surface area contributed by atoms with Gasteiger partial charge in [0.15, 0.2) is 0 Å². The van der Waals surface area contributed by atoms with Crippen LogP contribution in [0.4, 0.5) is 0 Å². The quantitative estimate of drug-likeness (QED) is 0.505. The first kappa shape index (κ1) is 28.7. The van der Waals surface area contributed by atoms with E-state index in [1.54, 1.807) is 0 Å². The maximum atomic E-state index is 13.2. The van der Waals surface area contributed by atoms with Gasteiger partial charge in [-0.3, -0.25) is 39.1 Å². The molecule has 1 N–H and O–H groups in total. The zero-order valence-corrected chi connectivity index (χ0v) is 24.9. The first-order valence-electron chi connectivity index (χ1n) is 16.0. The van der Waals surface area contributed by atoms with Crippen molar-refractivity contribution in [3.05, 3.63) is 64.2 Å². The van der Waals surface area contributed by atoms with E-state index in [1.165, 1.54) is 19.3 Å². The third-order valence-corrected chi connectivity index (χ3v) is 9.92. The molecule has 2 saturated heterocycles. The smallest absolute Gasteiger partial charge is 0.262 e. The molecule has 2 aromatic rings. The van der Waals surface area contributed by atoms with Gasteiger partial charge in [-0.15, -0.1) is 0 Å². The second-order valence-corrected chi connectivity index (χ2v) is 12.9. The van der Waals surface area contributed by atoms with E-state index in [-0.39, 0.29) is 30.8 Å². The number of nitrogens with one attached hydrogen (secondary N) is 1. The monoisotopic (exact) mass is 598 g/mol. The fourth-order valence-corrected chi connectivity index (χ4v) is 7.49. The summed E-state index contributed by atoms with van der Waals surface area (Å²) >= 11 is 0. The summed E-state index contributed by atoms with van der Waals surface area (Å²) in [5.74, 6) is -0.559. The second kappa shape index (κ2) is 11.8. The summed E-state index contributed by atoms with van der Waals surface area (Å²) in [6.45, 7) is 3.71. The molecule has 5 aliphatic rings. The first-order chi connectivity index (χ1) is 21.3. The van der Waals surface area contributed by atoms with Crippen molar-refractivity contribution in [2.45, 2.75) is 83.0 Å². The Hall–Kier alpha value is -4.05. The molecule has 1 aliphatic carbocycles. The number of piperidine rings is 2. The Morgan fingerprint density at radius 2 is 1.45 bits per heavy atom. The minimum absolute atomic E-state index is 0.0662. The van der Waals surface area contributed by atoms with E-state index in [0.29, 0.717) is 35.7 Å². The maximum Gasteiger partial charge on any atom is 0.262 e. The lowest BCUT2D eigenvalue weighted by atomic mass is 9.95. The van der Waals surface area contributed by atoms with Crippen LogP contribution in [0, 0.1) is 5.92 Å². The van der Waals surface area contributed by atoms with Crippen molar-refractivity contribution in [2.24, 2.45) is 5.92 Å². The molecule has 10 nitrogen and oxygen atoms in total. The SMILES string of the molecule is O=C1CCC(N2C(=O)c3cc4c(cc3C2=O)CN(CC2CCN(C(=O)c3ccc(OC5CCCCC5)cc3)CC2)C4)C(=O)N1. The lowest BCUT2D eigenvalue weighted by Gasteiger charge is -2.34. The molecule has 5 amide bonds. The Labute approximate surface area is 256 Å². The van der Waals surface area contributed by atoms with Crippen LogP contribution in [0.5, 0.6) is 5.75 Å². The van der Waals surface area contributed by atoms with Crippen molar-refractivity contribution < 1.29 is 28.7 Å². The van der Waals surface area contributed by atoms with Crippen LogP contribution in [0.1, 0.15) is 100.0 Å². The number of amides is 5. The Bertz CT molecular complexity index is 1460. The van der Waals surface area contributed by atoms with Gasteiger partial charge >= 0.3 is 0 Å². The van der Waals surface area contributed by atoms with E-state index in [2.05, 4.69) is 10.2 Å². The first-order valence-corrected chi connectivity index (χ1v) is 16.0. The molecule has 1 atom stereocenters. The summed E-state index contributed by atoms with van der Waals surface area (Å²) in [7, 11) is 0. The third-order valence-electron chi connectivity index (χ3n) is 9.92.